The van der Waals surface area contributed by atoms with E-state index in [9.17, 15) is 8.42 Å². The average molecular weight is 370 g/mol. The van der Waals surface area contributed by atoms with Crippen LogP contribution in [0.5, 0.6) is 0 Å². The lowest BCUT2D eigenvalue weighted by atomic mass is 9.82. The summed E-state index contributed by atoms with van der Waals surface area (Å²) in [5.74, 6) is 0. The maximum absolute atomic E-state index is 12.8. The molecule has 0 aliphatic rings. The number of hydrogen-bond acceptors (Lipinski definition) is 2. The zero-order valence-corrected chi connectivity index (χ0v) is 18.5. The van der Waals surface area contributed by atoms with Crippen LogP contribution >= 0.6 is 0 Å². The molecule has 1 rings (SSSR count). The molecule has 25 heavy (non-hydrogen) atoms. The Morgan fingerprint density at radius 3 is 1.48 bits per heavy atom. The molecule has 0 atom stereocenters. The lowest BCUT2D eigenvalue weighted by Gasteiger charge is -2.63. The maximum atomic E-state index is 12.8. The maximum Gasteiger partial charge on any atom is 0.244 e. The highest BCUT2D eigenvalue weighted by Crippen LogP contribution is 2.43. The van der Waals surface area contributed by atoms with Crippen molar-refractivity contribution in [2.24, 2.45) is 0 Å². The first kappa shape index (κ1) is 22.1. The first-order chi connectivity index (χ1) is 11.0. The largest absolute Gasteiger partial charge is 0.298 e. The van der Waals surface area contributed by atoms with Crippen LogP contribution in [0, 0.1) is 6.92 Å². The lowest BCUT2D eigenvalue weighted by Crippen LogP contribution is -2.78. The summed E-state index contributed by atoms with van der Waals surface area (Å²) in [6.07, 6.45) is 0. The van der Waals surface area contributed by atoms with Crippen LogP contribution in [0.3, 0.4) is 0 Å². The molecular weight excluding hydrogens is 332 g/mol. The van der Waals surface area contributed by atoms with Crippen LogP contribution < -0.4 is 4.72 Å². The first-order valence-electron chi connectivity index (χ1n) is 8.90. The smallest absolute Gasteiger partial charge is 0.244 e. The van der Waals surface area contributed by atoms with Gasteiger partial charge in [0.15, 0.2) is 0 Å². The minimum absolute atomic E-state index is 0.147. The molecule has 1 aromatic rings. The summed E-state index contributed by atoms with van der Waals surface area (Å²) in [5.41, 5.74) is 0.605. The zero-order chi connectivity index (χ0) is 19.9. The van der Waals surface area contributed by atoms with Crippen LogP contribution in [-0.4, -0.2) is 36.2 Å². The number of rotatable bonds is 4. The fourth-order valence-corrected chi connectivity index (χ4v) is 5.74. The molecule has 5 heteroatoms. The van der Waals surface area contributed by atoms with E-state index in [-0.39, 0.29) is 16.6 Å². The van der Waals surface area contributed by atoms with Crippen LogP contribution in [0.4, 0.5) is 0 Å². The minimum atomic E-state index is -3.56. The number of nitrogens with zero attached hydrogens (tertiary/aromatic N) is 1. The molecule has 1 N–H and O–H groups in total. The molecular formula is C20H37N2O2S+. The molecule has 0 aliphatic carbocycles. The van der Waals surface area contributed by atoms with Crippen molar-refractivity contribution < 1.29 is 12.9 Å². The molecule has 0 saturated carbocycles. The van der Waals surface area contributed by atoms with E-state index in [0.717, 1.165) is 5.56 Å². The fourth-order valence-electron chi connectivity index (χ4n) is 4.71. The fraction of sp³-hybridized carbons (Fsp3) is 0.700. The van der Waals surface area contributed by atoms with Crippen molar-refractivity contribution in [3.05, 3.63) is 29.8 Å². The van der Waals surface area contributed by atoms with E-state index in [2.05, 4.69) is 67.0 Å². The molecule has 0 spiro atoms. The van der Waals surface area contributed by atoms with E-state index < -0.39 is 10.0 Å². The predicted molar refractivity (Wildman–Crippen MR) is 106 cm³/mol. The van der Waals surface area contributed by atoms with Crippen LogP contribution in [0.1, 0.15) is 67.9 Å². The van der Waals surface area contributed by atoms with Gasteiger partial charge in [0.2, 0.25) is 10.0 Å². The van der Waals surface area contributed by atoms with Gasteiger partial charge < -0.3 is 0 Å². The lowest BCUT2D eigenvalue weighted by molar-refractivity contribution is -1.05. The highest BCUT2D eigenvalue weighted by molar-refractivity contribution is 7.89. The molecule has 0 saturated heterocycles. The molecule has 4 nitrogen and oxygen atoms in total. The Bertz CT molecular complexity index is 649. The van der Waals surface area contributed by atoms with E-state index in [1.165, 1.54) is 0 Å². The number of hydrogen-bond donors (Lipinski definition) is 1. The molecule has 144 valence electrons. The quantitative estimate of drug-likeness (QED) is 0.630. The second-order valence-corrected chi connectivity index (χ2v) is 11.7. The highest BCUT2D eigenvalue weighted by atomic mass is 32.2. The van der Waals surface area contributed by atoms with Gasteiger partial charge in [0.25, 0.3) is 0 Å². The summed E-state index contributed by atoms with van der Waals surface area (Å²) < 4.78 is 29.2. The topological polar surface area (TPSA) is 46.2 Å². The highest BCUT2D eigenvalue weighted by Gasteiger charge is 2.56. The third-order valence-electron chi connectivity index (χ3n) is 5.26. The summed E-state index contributed by atoms with van der Waals surface area (Å²) in [5, 5.41) is 0. The average Bonchev–Trinajstić information content (AvgIpc) is 2.34. The second-order valence-electron chi connectivity index (χ2n) is 9.94. The summed E-state index contributed by atoms with van der Waals surface area (Å²) >= 11 is 0. The van der Waals surface area contributed by atoms with E-state index in [0.29, 0.717) is 16.0 Å². The zero-order valence-electron chi connectivity index (χ0n) is 17.7. The minimum Gasteiger partial charge on any atom is -0.298 e. The van der Waals surface area contributed by atoms with Gasteiger partial charge in [-0.05, 0) is 81.4 Å². The van der Waals surface area contributed by atoms with Crippen LogP contribution in [0.25, 0.3) is 0 Å². The molecule has 0 aliphatic heterocycles. The second kappa shape index (κ2) is 6.67. The molecule has 0 fully saturated rings. The van der Waals surface area contributed by atoms with Gasteiger partial charge in [-0.15, -0.1) is 0 Å². The van der Waals surface area contributed by atoms with Crippen LogP contribution in [0.2, 0.25) is 0 Å². The monoisotopic (exact) mass is 369 g/mol. The molecule has 0 radical (unpaired) electrons. The van der Waals surface area contributed by atoms with E-state index in [1.54, 1.807) is 12.1 Å². The van der Waals surface area contributed by atoms with Crippen molar-refractivity contribution in [3.8, 4) is 0 Å². The number of benzene rings is 1. The first-order valence-corrected chi connectivity index (χ1v) is 10.4. The van der Waals surface area contributed by atoms with Crippen LogP contribution in [0.15, 0.2) is 29.2 Å². The van der Waals surface area contributed by atoms with Gasteiger partial charge in [-0.2, -0.15) is 4.72 Å². The van der Waals surface area contributed by atoms with Crippen molar-refractivity contribution >= 4 is 10.0 Å². The van der Waals surface area contributed by atoms with Crippen molar-refractivity contribution in [1.29, 1.82) is 0 Å². The van der Waals surface area contributed by atoms with Crippen molar-refractivity contribution in [2.45, 2.75) is 90.7 Å². The Morgan fingerprint density at radius 1 is 0.800 bits per heavy atom. The molecule has 1 aromatic carbocycles. The Kier molecular flexibility index (Phi) is 5.91. The van der Waals surface area contributed by atoms with E-state index in [1.807, 2.05) is 19.1 Å². The molecule has 0 bridgehead atoms. The number of aryl methyl sites for hydroxylation is 1. The van der Waals surface area contributed by atoms with E-state index in [4.69, 9.17) is 0 Å². The number of quaternary nitrogens is 1. The Balaban J connectivity index is 3.35. The van der Waals surface area contributed by atoms with Gasteiger partial charge in [0, 0.05) is 0 Å². The molecule has 0 heterocycles. The third-order valence-corrected chi connectivity index (χ3v) is 6.66. The van der Waals surface area contributed by atoms with Crippen molar-refractivity contribution in [2.75, 3.05) is 6.67 Å². The predicted octanol–water partition coefficient (Wildman–Crippen LogP) is 4.44. The standard InChI is InChI=1S/C20H37N2O2S/c1-16-11-13-17(14-12-16)25(23,24)21-15-22(18(2,3)4,19(5,6)7)20(8,9)10/h11-14,21H,15H2,1-10H3/q+1. The molecule has 0 aromatic heterocycles. The third kappa shape index (κ3) is 4.26. The van der Waals surface area contributed by atoms with Gasteiger partial charge in [0.05, 0.1) is 21.5 Å². The molecule has 0 amide bonds. The Labute approximate surface area is 155 Å². The molecule has 0 unspecified atom stereocenters. The normalized spacial score (nSPS) is 14.6. The summed E-state index contributed by atoms with van der Waals surface area (Å²) in [6, 6.07) is 6.98. The Hall–Kier alpha value is -0.910. The number of nitrogens with one attached hydrogen (secondary N) is 1. The van der Waals surface area contributed by atoms with Gasteiger partial charge in [0.1, 0.15) is 6.67 Å². The van der Waals surface area contributed by atoms with Gasteiger partial charge >= 0.3 is 0 Å². The van der Waals surface area contributed by atoms with Gasteiger partial charge in [-0.1, -0.05) is 17.7 Å². The number of sulfonamides is 1. The summed E-state index contributed by atoms with van der Waals surface area (Å²) in [4.78, 5) is 0.313. The van der Waals surface area contributed by atoms with Crippen molar-refractivity contribution in [3.63, 3.8) is 0 Å². The van der Waals surface area contributed by atoms with E-state index >= 15 is 0 Å². The van der Waals surface area contributed by atoms with Gasteiger partial charge in [-0.25, -0.2) is 8.42 Å². The summed E-state index contributed by atoms with van der Waals surface area (Å²) in [6.45, 7) is 21.9. The van der Waals surface area contributed by atoms with Crippen LogP contribution in [-0.2, 0) is 10.0 Å². The van der Waals surface area contributed by atoms with Crippen molar-refractivity contribution in [1.82, 2.24) is 4.72 Å². The summed E-state index contributed by atoms with van der Waals surface area (Å²) in [7, 11) is -3.56. The SMILES string of the molecule is Cc1ccc(S(=O)(=O)NC[N+](C(C)(C)C)(C(C)(C)C)C(C)(C)C)cc1. The van der Waals surface area contributed by atoms with Gasteiger partial charge in [-0.3, -0.25) is 4.48 Å². The Morgan fingerprint density at radius 2 is 1.16 bits per heavy atom.